The van der Waals surface area contributed by atoms with Gasteiger partial charge in [0.05, 0.1) is 5.04 Å². The van der Waals surface area contributed by atoms with Crippen LogP contribution in [-0.4, -0.2) is 80.0 Å². The lowest BCUT2D eigenvalue weighted by atomic mass is 10.2. The number of hydrogen-bond acceptors (Lipinski definition) is 8. The predicted molar refractivity (Wildman–Crippen MR) is 141 cm³/mol. The van der Waals surface area contributed by atoms with Crippen molar-refractivity contribution in [3.05, 3.63) is 0 Å². The van der Waals surface area contributed by atoms with Crippen molar-refractivity contribution in [2.45, 2.75) is 58.7 Å². The average molecular weight is 528 g/mol. The van der Waals surface area contributed by atoms with Crippen LogP contribution in [0.15, 0.2) is 4.99 Å². The van der Waals surface area contributed by atoms with Crippen molar-refractivity contribution in [2.24, 2.45) is 22.7 Å². The topological polar surface area (TPSA) is 78.7 Å². The third-order valence-electron chi connectivity index (χ3n) is 5.67. The fraction of sp³-hybridized carbons (Fsp3) is 0.952. The van der Waals surface area contributed by atoms with E-state index in [1.54, 1.807) is 7.05 Å². The number of hydrogen-bond donors (Lipinski definition) is 3. The van der Waals surface area contributed by atoms with Gasteiger partial charge >= 0.3 is 17.4 Å². The van der Waals surface area contributed by atoms with Gasteiger partial charge in [-0.25, -0.2) is 0 Å². The summed E-state index contributed by atoms with van der Waals surface area (Å²) in [5, 5.41) is 10.2. The van der Waals surface area contributed by atoms with Crippen molar-refractivity contribution in [1.29, 1.82) is 0 Å². The van der Waals surface area contributed by atoms with Gasteiger partial charge in [-0.2, -0.15) is 12.6 Å². The van der Waals surface area contributed by atoms with E-state index in [4.69, 9.17) is 22.1 Å². The molecular formula is C21H45NO6S2Si2. The minimum Gasteiger partial charge on any atom is -0.396 e. The molecular weight excluding hydrogens is 483 g/mol. The Labute approximate surface area is 208 Å². The van der Waals surface area contributed by atoms with E-state index >= 15 is 0 Å². The molecule has 190 valence electrons. The van der Waals surface area contributed by atoms with E-state index < -0.39 is 17.4 Å². The van der Waals surface area contributed by atoms with Crippen LogP contribution in [0.5, 0.6) is 0 Å². The smallest absolute Gasteiger partial charge is 0.396 e. The number of thiol groups is 2. The number of aliphatic hydroxyl groups excluding tert-OH is 1. The Morgan fingerprint density at radius 1 is 1.16 bits per heavy atom. The summed E-state index contributed by atoms with van der Waals surface area (Å²) in [5.41, 5.74) is 0.167. The summed E-state index contributed by atoms with van der Waals surface area (Å²) in [5.74, 6) is 1.41. The molecule has 1 heterocycles. The summed E-state index contributed by atoms with van der Waals surface area (Å²) < 4.78 is 31.3. The van der Waals surface area contributed by atoms with Gasteiger partial charge in [0, 0.05) is 76.0 Å². The highest BCUT2D eigenvalue weighted by Crippen LogP contribution is 2.30. The first kappa shape index (κ1) is 30.6. The normalized spacial score (nSPS) is 27.0. The van der Waals surface area contributed by atoms with Crippen LogP contribution in [-0.2, 0) is 22.1 Å². The first-order valence-corrected chi connectivity index (χ1v) is 17.1. The molecule has 0 bridgehead atoms. The van der Waals surface area contributed by atoms with Crippen LogP contribution in [0.25, 0.3) is 0 Å². The molecule has 0 aromatic carbocycles. The van der Waals surface area contributed by atoms with Gasteiger partial charge in [0.15, 0.2) is 0 Å². The highest BCUT2D eigenvalue weighted by atomic mass is 32.1. The van der Waals surface area contributed by atoms with Crippen molar-refractivity contribution in [3.8, 4) is 0 Å². The third-order valence-corrected chi connectivity index (χ3v) is 12.6. The van der Waals surface area contributed by atoms with Gasteiger partial charge in [-0.15, -0.1) is 12.6 Å². The van der Waals surface area contributed by atoms with Gasteiger partial charge in [0.1, 0.15) is 0 Å². The summed E-state index contributed by atoms with van der Waals surface area (Å²) in [6.07, 6.45) is 1.62. The van der Waals surface area contributed by atoms with Crippen LogP contribution in [0.1, 0.15) is 40.5 Å². The minimum atomic E-state index is -2.64. The predicted octanol–water partition coefficient (Wildman–Crippen LogP) is 4.05. The number of nitrogens with zero attached hydrogens (tertiary/aromatic N) is 1. The summed E-state index contributed by atoms with van der Waals surface area (Å²) in [6, 6.07) is 0.795. The Kier molecular flexibility index (Phi) is 14.9. The molecule has 4 unspecified atom stereocenters. The molecule has 0 aromatic rings. The molecule has 0 amide bonds. The third kappa shape index (κ3) is 10.9. The zero-order valence-corrected chi connectivity index (χ0v) is 24.5. The Morgan fingerprint density at radius 3 is 2.28 bits per heavy atom. The van der Waals surface area contributed by atoms with Gasteiger partial charge in [-0.3, -0.25) is 4.99 Å². The lowest BCUT2D eigenvalue weighted by Crippen LogP contribution is -2.52. The van der Waals surface area contributed by atoms with E-state index in [-0.39, 0.29) is 24.0 Å². The van der Waals surface area contributed by atoms with Gasteiger partial charge in [-0.1, -0.05) is 27.7 Å². The Bertz CT molecular complexity index is 549. The highest BCUT2D eigenvalue weighted by Gasteiger charge is 2.45. The lowest BCUT2D eigenvalue weighted by molar-refractivity contribution is -0.0137. The second kappa shape index (κ2) is 15.5. The molecule has 1 rings (SSSR count). The van der Waals surface area contributed by atoms with Crippen LogP contribution < -0.4 is 0 Å². The number of rotatable bonds is 16. The van der Waals surface area contributed by atoms with Crippen molar-refractivity contribution >= 4 is 47.7 Å². The molecule has 0 saturated carbocycles. The van der Waals surface area contributed by atoms with Crippen LogP contribution in [0.3, 0.4) is 0 Å². The van der Waals surface area contributed by atoms with Crippen LogP contribution in [0, 0.1) is 17.8 Å². The lowest BCUT2D eigenvalue weighted by Gasteiger charge is -2.37. The average Bonchev–Trinajstić information content (AvgIpc) is 2.79. The zero-order valence-electron chi connectivity index (χ0n) is 20.7. The van der Waals surface area contributed by atoms with Crippen molar-refractivity contribution in [3.63, 3.8) is 0 Å². The number of aliphatic imine (C=N–C) groups is 1. The molecule has 32 heavy (non-hydrogen) atoms. The Balaban J connectivity index is 2.69. The minimum absolute atomic E-state index is 0.0642. The number of aliphatic hydroxyl groups is 1. The summed E-state index contributed by atoms with van der Waals surface area (Å²) in [4.78, 5) is 4.17. The van der Waals surface area contributed by atoms with Crippen LogP contribution in [0.4, 0.5) is 0 Å². The second-order valence-electron chi connectivity index (χ2n) is 9.32. The van der Waals surface area contributed by atoms with Gasteiger partial charge in [0.2, 0.25) is 0 Å². The summed E-state index contributed by atoms with van der Waals surface area (Å²) in [6.45, 7) is 13.4. The maximum Gasteiger partial charge on any atom is 0.501 e. The molecule has 1 N–H and O–H groups in total. The molecule has 0 aromatic heterocycles. The van der Waals surface area contributed by atoms with E-state index in [0.29, 0.717) is 45.4 Å². The zero-order chi connectivity index (χ0) is 24.2. The molecule has 0 aliphatic carbocycles. The summed E-state index contributed by atoms with van der Waals surface area (Å²) in [7, 11) is -3.45. The SMILES string of the molecule is CN=C(S)CC(C)[Si](C)(OCC(C)CO)OCC(C)CO[Si]1(CCCS)OCC(C)CO1. The Hall–Kier alpha value is 0.564. The van der Waals surface area contributed by atoms with Crippen LogP contribution >= 0.6 is 25.3 Å². The van der Waals surface area contributed by atoms with Gasteiger partial charge in [-0.05, 0) is 25.1 Å². The van der Waals surface area contributed by atoms with E-state index in [1.807, 2.05) is 6.92 Å². The monoisotopic (exact) mass is 527 g/mol. The van der Waals surface area contributed by atoms with Crippen molar-refractivity contribution in [1.82, 2.24) is 0 Å². The van der Waals surface area contributed by atoms with E-state index in [0.717, 1.165) is 23.3 Å². The Morgan fingerprint density at radius 2 is 1.75 bits per heavy atom. The second-order valence-corrected chi connectivity index (χ2v) is 16.6. The highest BCUT2D eigenvalue weighted by molar-refractivity contribution is 7.97. The first-order chi connectivity index (χ1) is 15.1. The molecule has 7 nitrogen and oxygen atoms in total. The standard InChI is InChI=1S/C21H45NO6S2Si2/c1-17(11-23)12-24-31(6,20(4)10-21(30)22-5)25-13-18(2)14-26-32(9-7-8-29)27-15-19(3)16-28-32/h17-20,23,29H,7-16H2,1-6H3,(H,22,30). The fourth-order valence-corrected chi connectivity index (χ4v) is 9.34. The molecule has 4 atom stereocenters. The van der Waals surface area contributed by atoms with Gasteiger partial charge < -0.3 is 27.2 Å². The maximum absolute atomic E-state index is 9.39. The molecule has 0 radical (unpaired) electrons. The van der Waals surface area contributed by atoms with E-state index in [1.165, 1.54) is 0 Å². The van der Waals surface area contributed by atoms with Crippen molar-refractivity contribution in [2.75, 3.05) is 52.4 Å². The largest absolute Gasteiger partial charge is 0.501 e. The first-order valence-electron chi connectivity index (χ1n) is 11.7. The van der Waals surface area contributed by atoms with E-state index in [2.05, 4.69) is 57.6 Å². The summed E-state index contributed by atoms with van der Waals surface area (Å²) >= 11 is 8.78. The molecule has 1 fully saturated rings. The maximum atomic E-state index is 9.39. The molecule has 1 saturated heterocycles. The molecule has 11 heteroatoms. The van der Waals surface area contributed by atoms with Gasteiger partial charge in [0.25, 0.3) is 0 Å². The molecule has 0 spiro atoms. The quantitative estimate of drug-likeness (QED) is 0.122. The molecule has 1 aliphatic rings. The fourth-order valence-electron chi connectivity index (χ4n) is 3.09. The van der Waals surface area contributed by atoms with E-state index in [9.17, 15) is 5.11 Å². The van der Waals surface area contributed by atoms with Crippen LogP contribution in [0.2, 0.25) is 18.1 Å². The van der Waals surface area contributed by atoms with Crippen molar-refractivity contribution < 1.29 is 27.2 Å². The molecule has 1 aliphatic heterocycles.